The molecule has 0 aliphatic heterocycles. The second kappa shape index (κ2) is 11.7. The maximum Gasteiger partial charge on any atom is 0.254 e. The van der Waals surface area contributed by atoms with Gasteiger partial charge in [-0.15, -0.1) is 24.8 Å². The SMILES string of the molecule is Cl.Cl.NCCN(Cc1ccc(Cl)cc1)C(=O)c1ccc(-c2ccncc2)cc1. The number of hydrogen-bond donors (Lipinski definition) is 1. The summed E-state index contributed by atoms with van der Waals surface area (Å²) in [6.07, 6.45) is 3.51. The smallest absolute Gasteiger partial charge is 0.254 e. The van der Waals surface area contributed by atoms with Crippen molar-refractivity contribution in [1.29, 1.82) is 0 Å². The highest BCUT2D eigenvalue weighted by molar-refractivity contribution is 6.30. The number of benzene rings is 2. The van der Waals surface area contributed by atoms with Crippen LogP contribution < -0.4 is 5.73 Å². The molecule has 4 nitrogen and oxygen atoms in total. The normalized spacial score (nSPS) is 9.79. The summed E-state index contributed by atoms with van der Waals surface area (Å²) in [5.41, 5.74) is 9.48. The van der Waals surface area contributed by atoms with Gasteiger partial charge in [0.25, 0.3) is 5.91 Å². The van der Waals surface area contributed by atoms with Crippen molar-refractivity contribution in [3.8, 4) is 11.1 Å². The van der Waals surface area contributed by atoms with Gasteiger partial charge in [0.1, 0.15) is 0 Å². The lowest BCUT2D eigenvalue weighted by atomic mass is 10.0. The standard InChI is InChI=1S/C21H20ClN3O.2ClH/c22-20-7-1-16(2-8-20)15-25(14-11-23)21(26)19-5-3-17(4-6-19)18-9-12-24-13-10-18;;/h1-10,12-13H,11,14-15,23H2;2*1H. The Morgan fingerprint density at radius 3 is 2.04 bits per heavy atom. The Labute approximate surface area is 182 Å². The maximum atomic E-state index is 12.9. The minimum Gasteiger partial charge on any atom is -0.333 e. The molecule has 7 heteroatoms. The van der Waals surface area contributed by atoms with Gasteiger partial charge < -0.3 is 10.6 Å². The molecule has 0 saturated carbocycles. The largest absolute Gasteiger partial charge is 0.333 e. The molecule has 0 fully saturated rings. The van der Waals surface area contributed by atoms with E-state index < -0.39 is 0 Å². The fourth-order valence-corrected chi connectivity index (χ4v) is 2.88. The minimum atomic E-state index is -0.0355. The Morgan fingerprint density at radius 1 is 0.893 bits per heavy atom. The summed E-state index contributed by atoms with van der Waals surface area (Å²) in [5, 5.41) is 0.678. The monoisotopic (exact) mass is 437 g/mol. The number of amides is 1. The summed E-state index contributed by atoms with van der Waals surface area (Å²) >= 11 is 5.93. The van der Waals surface area contributed by atoms with E-state index in [1.54, 1.807) is 17.3 Å². The van der Waals surface area contributed by atoms with Crippen LogP contribution in [-0.2, 0) is 6.54 Å². The summed E-state index contributed by atoms with van der Waals surface area (Å²) < 4.78 is 0. The van der Waals surface area contributed by atoms with Crippen molar-refractivity contribution in [3.05, 3.63) is 89.2 Å². The highest BCUT2D eigenvalue weighted by Crippen LogP contribution is 2.20. The lowest BCUT2D eigenvalue weighted by Crippen LogP contribution is -2.34. The molecule has 0 saturated heterocycles. The minimum absolute atomic E-state index is 0. The van der Waals surface area contributed by atoms with Crippen LogP contribution in [0.4, 0.5) is 0 Å². The van der Waals surface area contributed by atoms with Crippen molar-refractivity contribution in [2.24, 2.45) is 5.73 Å². The first-order chi connectivity index (χ1) is 12.7. The number of rotatable bonds is 6. The van der Waals surface area contributed by atoms with E-state index in [2.05, 4.69) is 4.98 Å². The van der Waals surface area contributed by atoms with Crippen molar-refractivity contribution >= 4 is 42.3 Å². The molecule has 2 N–H and O–H groups in total. The number of pyridine rings is 1. The van der Waals surface area contributed by atoms with Gasteiger partial charge in [0.2, 0.25) is 0 Å². The molecular formula is C21H22Cl3N3O. The van der Waals surface area contributed by atoms with Crippen molar-refractivity contribution in [1.82, 2.24) is 9.88 Å². The Bertz CT molecular complexity index is 856. The first kappa shape index (κ1) is 23.9. The maximum absolute atomic E-state index is 12.9. The molecule has 0 aliphatic rings. The van der Waals surface area contributed by atoms with Gasteiger partial charge in [0, 0.05) is 42.6 Å². The second-order valence-electron chi connectivity index (χ2n) is 5.96. The first-order valence-corrected chi connectivity index (χ1v) is 8.79. The van der Waals surface area contributed by atoms with Crippen LogP contribution in [0.15, 0.2) is 73.1 Å². The van der Waals surface area contributed by atoms with Crippen molar-refractivity contribution < 1.29 is 4.79 Å². The topological polar surface area (TPSA) is 59.2 Å². The van der Waals surface area contributed by atoms with E-state index >= 15 is 0 Å². The van der Waals surface area contributed by atoms with Gasteiger partial charge >= 0.3 is 0 Å². The van der Waals surface area contributed by atoms with Crippen LogP contribution in [0.5, 0.6) is 0 Å². The van der Waals surface area contributed by atoms with Crippen molar-refractivity contribution in [2.45, 2.75) is 6.54 Å². The van der Waals surface area contributed by atoms with Gasteiger partial charge in [-0.1, -0.05) is 35.9 Å². The second-order valence-corrected chi connectivity index (χ2v) is 6.39. The molecule has 0 bridgehead atoms. The molecule has 0 unspecified atom stereocenters. The number of carbonyl (C=O) groups excluding carboxylic acids is 1. The van der Waals surface area contributed by atoms with E-state index in [1.165, 1.54) is 0 Å². The molecule has 0 radical (unpaired) electrons. The van der Waals surface area contributed by atoms with Crippen LogP contribution in [-0.4, -0.2) is 28.9 Å². The summed E-state index contributed by atoms with van der Waals surface area (Å²) in [6, 6.07) is 19.0. The van der Waals surface area contributed by atoms with Crippen LogP contribution in [0.1, 0.15) is 15.9 Å². The number of aromatic nitrogens is 1. The van der Waals surface area contributed by atoms with E-state index in [1.807, 2.05) is 60.7 Å². The number of nitrogens with two attached hydrogens (primary N) is 1. The van der Waals surface area contributed by atoms with Gasteiger partial charge in [0.05, 0.1) is 0 Å². The Hall–Kier alpha value is -2.11. The predicted octanol–water partition coefficient (Wildman–Crippen LogP) is 4.85. The van der Waals surface area contributed by atoms with Gasteiger partial charge in [-0.2, -0.15) is 0 Å². The Balaban J connectivity index is 0.00000196. The molecule has 148 valence electrons. The molecule has 2 aromatic carbocycles. The molecule has 1 amide bonds. The summed E-state index contributed by atoms with van der Waals surface area (Å²) in [6.45, 7) is 1.40. The zero-order chi connectivity index (χ0) is 18.4. The fourth-order valence-electron chi connectivity index (χ4n) is 2.75. The number of hydrogen-bond acceptors (Lipinski definition) is 3. The first-order valence-electron chi connectivity index (χ1n) is 8.41. The molecule has 0 aliphatic carbocycles. The lowest BCUT2D eigenvalue weighted by Gasteiger charge is -2.22. The van der Waals surface area contributed by atoms with E-state index in [4.69, 9.17) is 17.3 Å². The summed E-state index contributed by atoms with van der Waals surface area (Å²) in [7, 11) is 0. The molecule has 3 aromatic rings. The molecule has 0 atom stereocenters. The highest BCUT2D eigenvalue weighted by atomic mass is 35.5. The number of halogens is 3. The van der Waals surface area contributed by atoms with E-state index in [-0.39, 0.29) is 30.7 Å². The van der Waals surface area contributed by atoms with E-state index in [9.17, 15) is 4.79 Å². The Morgan fingerprint density at radius 2 is 1.46 bits per heavy atom. The van der Waals surface area contributed by atoms with Crippen LogP contribution >= 0.6 is 36.4 Å². The van der Waals surface area contributed by atoms with Crippen molar-refractivity contribution in [2.75, 3.05) is 13.1 Å². The zero-order valence-corrected chi connectivity index (χ0v) is 17.5. The third-order valence-electron chi connectivity index (χ3n) is 4.12. The molecule has 0 spiro atoms. The van der Waals surface area contributed by atoms with Gasteiger partial charge in [-0.25, -0.2) is 0 Å². The van der Waals surface area contributed by atoms with Crippen LogP contribution in [0.25, 0.3) is 11.1 Å². The van der Waals surface area contributed by atoms with Gasteiger partial charge in [0.15, 0.2) is 0 Å². The third kappa shape index (κ3) is 6.21. The molecule has 3 rings (SSSR count). The Kier molecular flexibility index (Phi) is 9.97. The quantitative estimate of drug-likeness (QED) is 0.598. The summed E-state index contributed by atoms with van der Waals surface area (Å²) in [5.74, 6) is -0.0355. The highest BCUT2D eigenvalue weighted by Gasteiger charge is 2.15. The molecule has 1 heterocycles. The van der Waals surface area contributed by atoms with Crippen LogP contribution in [0.3, 0.4) is 0 Å². The van der Waals surface area contributed by atoms with Gasteiger partial charge in [-0.05, 0) is 53.1 Å². The van der Waals surface area contributed by atoms with Crippen LogP contribution in [0.2, 0.25) is 5.02 Å². The zero-order valence-electron chi connectivity index (χ0n) is 15.1. The third-order valence-corrected chi connectivity index (χ3v) is 4.37. The average molecular weight is 439 g/mol. The average Bonchev–Trinajstić information content (AvgIpc) is 2.69. The molecule has 28 heavy (non-hydrogen) atoms. The predicted molar refractivity (Wildman–Crippen MR) is 119 cm³/mol. The van der Waals surface area contributed by atoms with E-state index in [0.29, 0.717) is 30.2 Å². The van der Waals surface area contributed by atoms with E-state index in [0.717, 1.165) is 16.7 Å². The van der Waals surface area contributed by atoms with Crippen molar-refractivity contribution in [3.63, 3.8) is 0 Å². The van der Waals surface area contributed by atoms with Gasteiger partial charge in [-0.3, -0.25) is 9.78 Å². The summed E-state index contributed by atoms with van der Waals surface area (Å²) in [4.78, 5) is 18.7. The molecular weight excluding hydrogens is 417 g/mol. The molecule has 1 aromatic heterocycles. The van der Waals surface area contributed by atoms with Crippen LogP contribution in [0, 0.1) is 0 Å². The number of nitrogens with zero attached hydrogens (tertiary/aromatic N) is 2. The lowest BCUT2D eigenvalue weighted by molar-refractivity contribution is 0.0748. The fraction of sp³-hybridized carbons (Fsp3) is 0.143. The number of carbonyl (C=O) groups is 1.